The Morgan fingerprint density at radius 2 is 1.96 bits per heavy atom. The van der Waals surface area contributed by atoms with Gasteiger partial charge in [-0.1, -0.05) is 30.3 Å². The number of aromatic nitrogens is 2. The summed E-state index contributed by atoms with van der Waals surface area (Å²) < 4.78 is 1.19. The number of amides is 1. The van der Waals surface area contributed by atoms with Crippen molar-refractivity contribution in [2.45, 2.75) is 19.8 Å². The van der Waals surface area contributed by atoms with Crippen LogP contribution < -0.4 is 5.32 Å². The Balaban J connectivity index is 1.38. The minimum absolute atomic E-state index is 0.0500. The highest BCUT2D eigenvalue weighted by molar-refractivity contribution is 7.18. The topological polar surface area (TPSA) is 57.8 Å². The van der Waals surface area contributed by atoms with Crippen molar-refractivity contribution < 1.29 is 4.79 Å². The molecule has 5 heteroatoms. The minimum atomic E-state index is 0.0500. The Kier molecular flexibility index (Phi) is 4.24. The third-order valence-electron chi connectivity index (χ3n) is 4.36. The average molecular weight is 349 g/mol. The van der Waals surface area contributed by atoms with Crippen LogP contribution in [-0.2, 0) is 17.6 Å². The molecule has 1 amide bonds. The molecule has 25 heavy (non-hydrogen) atoms. The summed E-state index contributed by atoms with van der Waals surface area (Å²) in [6, 6.07) is 16.2. The van der Waals surface area contributed by atoms with E-state index in [0.29, 0.717) is 13.0 Å². The molecule has 0 atom stereocenters. The number of para-hydroxylation sites is 2. The number of benzene rings is 2. The van der Waals surface area contributed by atoms with Gasteiger partial charge in [0.15, 0.2) is 0 Å². The van der Waals surface area contributed by atoms with Gasteiger partial charge in [0.2, 0.25) is 5.91 Å². The van der Waals surface area contributed by atoms with Gasteiger partial charge in [-0.3, -0.25) is 4.79 Å². The van der Waals surface area contributed by atoms with E-state index in [1.807, 2.05) is 43.3 Å². The monoisotopic (exact) mass is 349 g/mol. The largest absolute Gasteiger partial charge is 0.358 e. The van der Waals surface area contributed by atoms with Crippen LogP contribution >= 0.6 is 11.3 Å². The highest BCUT2D eigenvalue weighted by atomic mass is 32.1. The van der Waals surface area contributed by atoms with E-state index >= 15 is 0 Å². The van der Waals surface area contributed by atoms with Crippen LogP contribution in [0.5, 0.6) is 0 Å². The molecule has 2 aromatic carbocycles. The van der Waals surface area contributed by atoms with E-state index in [0.717, 1.165) is 39.1 Å². The van der Waals surface area contributed by atoms with Gasteiger partial charge >= 0.3 is 0 Å². The molecule has 0 saturated heterocycles. The van der Waals surface area contributed by atoms with Gasteiger partial charge in [0.1, 0.15) is 0 Å². The number of hydrogen-bond acceptors (Lipinski definition) is 3. The quantitative estimate of drug-likeness (QED) is 0.572. The highest BCUT2D eigenvalue weighted by Crippen LogP contribution is 2.23. The molecule has 0 unspecified atom stereocenters. The maximum Gasteiger partial charge on any atom is 0.224 e. The van der Waals surface area contributed by atoms with Crippen molar-refractivity contribution in [3.63, 3.8) is 0 Å². The van der Waals surface area contributed by atoms with E-state index in [1.54, 1.807) is 11.3 Å². The number of thiazole rings is 1. The van der Waals surface area contributed by atoms with Gasteiger partial charge in [-0.2, -0.15) is 0 Å². The molecule has 126 valence electrons. The molecule has 2 N–H and O–H groups in total. The van der Waals surface area contributed by atoms with E-state index in [9.17, 15) is 4.79 Å². The van der Waals surface area contributed by atoms with E-state index in [4.69, 9.17) is 0 Å². The van der Waals surface area contributed by atoms with Gasteiger partial charge in [0, 0.05) is 29.6 Å². The Morgan fingerprint density at radius 3 is 2.84 bits per heavy atom. The number of hydrogen-bond donors (Lipinski definition) is 2. The standard InChI is InChI=1S/C20H19N3OS/c1-13-15(14-6-2-3-7-16(14)22-13)12-19(24)21-11-10-20-23-17-8-4-5-9-18(17)25-20/h2-9,22H,10-12H2,1H3,(H,21,24). The zero-order valence-corrected chi connectivity index (χ0v) is 14.8. The first kappa shape index (κ1) is 15.8. The van der Waals surface area contributed by atoms with Gasteiger partial charge in [-0.05, 0) is 30.7 Å². The lowest BCUT2D eigenvalue weighted by Gasteiger charge is -2.04. The molecule has 0 saturated carbocycles. The summed E-state index contributed by atoms with van der Waals surface area (Å²) in [4.78, 5) is 20.3. The molecule has 2 aromatic heterocycles. The summed E-state index contributed by atoms with van der Waals surface area (Å²) >= 11 is 1.69. The van der Waals surface area contributed by atoms with Crippen LogP contribution in [0.4, 0.5) is 0 Å². The molecule has 0 radical (unpaired) electrons. The Morgan fingerprint density at radius 1 is 1.16 bits per heavy atom. The zero-order valence-electron chi connectivity index (χ0n) is 14.0. The molecule has 2 heterocycles. The fourth-order valence-electron chi connectivity index (χ4n) is 3.12. The Hall–Kier alpha value is -2.66. The maximum absolute atomic E-state index is 12.3. The number of fused-ring (bicyclic) bond motifs is 2. The molecule has 0 aliphatic heterocycles. The van der Waals surface area contributed by atoms with Crippen LogP contribution in [0.15, 0.2) is 48.5 Å². The molecular formula is C20H19N3OS. The van der Waals surface area contributed by atoms with Gasteiger partial charge < -0.3 is 10.3 Å². The van der Waals surface area contributed by atoms with Crippen molar-refractivity contribution in [1.29, 1.82) is 0 Å². The second-order valence-corrected chi connectivity index (χ2v) is 7.24. The summed E-state index contributed by atoms with van der Waals surface area (Å²) in [6.45, 7) is 2.63. The third-order valence-corrected chi connectivity index (χ3v) is 5.46. The summed E-state index contributed by atoms with van der Waals surface area (Å²) in [5.41, 5.74) is 4.25. The predicted octanol–water partition coefficient (Wildman–Crippen LogP) is 3.99. The van der Waals surface area contributed by atoms with Crippen LogP contribution in [0.25, 0.3) is 21.1 Å². The van der Waals surface area contributed by atoms with Crippen molar-refractivity contribution in [3.05, 3.63) is 64.8 Å². The number of carbonyl (C=O) groups excluding carboxylic acids is 1. The zero-order chi connectivity index (χ0) is 17.2. The lowest BCUT2D eigenvalue weighted by molar-refractivity contribution is -0.120. The third kappa shape index (κ3) is 3.28. The summed E-state index contributed by atoms with van der Waals surface area (Å²) in [6.07, 6.45) is 1.16. The maximum atomic E-state index is 12.3. The van der Waals surface area contributed by atoms with E-state index in [1.165, 1.54) is 4.70 Å². The molecule has 0 bridgehead atoms. The first-order chi connectivity index (χ1) is 12.2. The fraction of sp³-hybridized carbons (Fsp3) is 0.200. The van der Waals surface area contributed by atoms with E-state index < -0.39 is 0 Å². The number of aromatic amines is 1. The molecule has 4 aromatic rings. The van der Waals surface area contributed by atoms with Crippen LogP contribution in [0.3, 0.4) is 0 Å². The van der Waals surface area contributed by atoms with Crippen molar-refractivity contribution in [1.82, 2.24) is 15.3 Å². The van der Waals surface area contributed by atoms with Crippen molar-refractivity contribution in [2.24, 2.45) is 0 Å². The van der Waals surface area contributed by atoms with Crippen molar-refractivity contribution in [3.8, 4) is 0 Å². The summed E-state index contributed by atoms with van der Waals surface area (Å²) in [7, 11) is 0. The number of H-pyrrole nitrogens is 1. The number of nitrogens with zero attached hydrogens (tertiary/aromatic N) is 1. The molecule has 4 nitrogen and oxygen atoms in total. The minimum Gasteiger partial charge on any atom is -0.358 e. The van der Waals surface area contributed by atoms with Crippen molar-refractivity contribution in [2.75, 3.05) is 6.54 Å². The molecular weight excluding hydrogens is 330 g/mol. The Labute approximate surface area is 149 Å². The molecule has 0 fully saturated rings. The second-order valence-electron chi connectivity index (χ2n) is 6.13. The van der Waals surface area contributed by atoms with Crippen molar-refractivity contribution >= 4 is 38.4 Å². The number of aryl methyl sites for hydroxylation is 1. The van der Waals surface area contributed by atoms with E-state index in [-0.39, 0.29) is 5.91 Å². The number of rotatable bonds is 5. The number of carbonyl (C=O) groups is 1. The summed E-state index contributed by atoms with van der Waals surface area (Å²) in [5.74, 6) is 0.0500. The molecule has 0 spiro atoms. The average Bonchev–Trinajstić information content (AvgIpc) is 3.16. The molecule has 0 aliphatic carbocycles. The van der Waals surface area contributed by atoms with Gasteiger partial charge in [-0.15, -0.1) is 11.3 Å². The molecule has 4 rings (SSSR count). The fourth-order valence-corrected chi connectivity index (χ4v) is 4.09. The lowest BCUT2D eigenvalue weighted by atomic mass is 10.1. The smallest absolute Gasteiger partial charge is 0.224 e. The number of nitrogens with one attached hydrogen (secondary N) is 2. The predicted molar refractivity (Wildman–Crippen MR) is 103 cm³/mol. The SMILES string of the molecule is Cc1[nH]c2ccccc2c1CC(=O)NCCc1nc2ccccc2s1. The Bertz CT molecular complexity index is 1010. The first-order valence-electron chi connectivity index (χ1n) is 8.38. The van der Waals surface area contributed by atoms with E-state index in [2.05, 4.69) is 27.4 Å². The van der Waals surface area contributed by atoms with Gasteiger partial charge in [0.05, 0.1) is 21.6 Å². The highest BCUT2D eigenvalue weighted by Gasteiger charge is 2.12. The van der Waals surface area contributed by atoms with Gasteiger partial charge in [0.25, 0.3) is 0 Å². The lowest BCUT2D eigenvalue weighted by Crippen LogP contribution is -2.27. The molecule has 0 aliphatic rings. The van der Waals surface area contributed by atoms with Crippen LogP contribution in [0.2, 0.25) is 0 Å². The van der Waals surface area contributed by atoms with Gasteiger partial charge in [-0.25, -0.2) is 4.98 Å². The first-order valence-corrected chi connectivity index (χ1v) is 9.19. The van der Waals surface area contributed by atoms with Crippen LogP contribution in [-0.4, -0.2) is 22.4 Å². The van der Waals surface area contributed by atoms with Crippen LogP contribution in [0.1, 0.15) is 16.3 Å². The summed E-state index contributed by atoms with van der Waals surface area (Å²) in [5, 5.41) is 5.21. The second kappa shape index (κ2) is 6.69. The normalized spacial score (nSPS) is 11.2. The van der Waals surface area contributed by atoms with Crippen LogP contribution in [0, 0.1) is 6.92 Å².